The van der Waals surface area contributed by atoms with Gasteiger partial charge in [-0.1, -0.05) is 48.9 Å². The summed E-state index contributed by atoms with van der Waals surface area (Å²) >= 11 is 6.02. The zero-order chi connectivity index (χ0) is 16.2. The van der Waals surface area contributed by atoms with Crippen LogP contribution in [-0.2, 0) is 11.2 Å². The molecular formula is C19H20ClNO2. The van der Waals surface area contributed by atoms with Gasteiger partial charge in [-0.15, -0.1) is 0 Å². The van der Waals surface area contributed by atoms with Gasteiger partial charge in [0, 0.05) is 11.6 Å². The van der Waals surface area contributed by atoms with Gasteiger partial charge in [0.2, 0.25) is 5.91 Å². The van der Waals surface area contributed by atoms with Crippen LogP contribution in [0.2, 0.25) is 5.02 Å². The molecule has 3 rings (SSSR count). The fourth-order valence-electron chi connectivity index (χ4n) is 2.83. The molecular weight excluding hydrogens is 310 g/mol. The van der Waals surface area contributed by atoms with Crippen LogP contribution in [0.1, 0.15) is 24.0 Å². The molecule has 1 aliphatic rings. The number of rotatable bonds is 4. The van der Waals surface area contributed by atoms with Gasteiger partial charge in [-0.3, -0.25) is 4.79 Å². The Morgan fingerprint density at radius 2 is 2.09 bits per heavy atom. The maximum absolute atomic E-state index is 12.4. The fraction of sp³-hybridized carbons (Fsp3) is 0.316. The Hall–Kier alpha value is -2.00. The highest BCUT2D eigenvalue weighted by molar-refractivity contribution is 6.30. The summed E-state index contributed by atoms with van der Waals surface area (Å²) < 4.78 is 5.68. The molecule has 3 nitrogen and oxygen atoms in total. The molecule has 0 spiro atoms. The molecule has 4 heteroatoms. The van der Waals surface area contributed by atoms with Gasteiger partial charge < -0.3 is 10.1 Å². The quantitative estimate of drug-likeness (QED) is 0.926. The minimum absolute atomic E-state index is 0.0402. The zero-order valence-corrected chi connectivity index (χ0v) is 13.8. The summed E-state index contributed by atoms with van der Waals surface area (Å²) in [4.78, 5) is 12.4. The molecule has 2 atom stereocenters. The van der Waals surface area contributed by atoms with Crippen molar-refractivity contribution in [3.8, 4) is 5.75 Å². The number of carbonyl (C=O) groups excluding carboxylic acids is 1. The van der Waals surface area contributed by atoms with Gasteiger partial charge in [0.15, 0.2) is 0 Å². The van der Waals surface area contributed by atoms with E-state index < -0.39 is 0 Å². The number of nitrogens with one attached hydrogen (secondary N) is 1. The van der Waals surface area contributed by atoms with Gasteiger partial charge in [-0.25, -0.2) is 0 Å². The van der Waals surface area contributed by atoms with E-state index in [2.05, 4.69) is 24.4 Å². The molecule has 1 N–H and O–H groups in total. The Balaban J connectivity index is 1.57. The first-order valence-electron chi connectivity index (χ1n) is 7.87. The summed E-state index contributed by atoms with van der Waals surface area (Å²) in [5, 5.41) is 3.72. The number of amides is 1. The number of halogens is 1. The molecule has 2 aromatic carbocycles. The monoisotopic (exact) mass is 329 g/mol. The van der Waals surface area contributed by atoms with Crippen LogP contribution in [0.4, 0.5) is 0 Å². The average molecular weight is 330 g/mol. The van der Waals surface area contributed by atoms with Crippen LogP contribution < -0.4 is 10.1 Å². The highest BCUT2D eigenvalue weighted by Crippen LogP contribution is 2.29. The first-order chi connectivity index (χ1) is 11.1. The lowest BCUT2D eigenvalue weighted by Crippen LogP contribution is -2.38. The Bertz CT molecular complexity index is 687. The number of benzene rings is 2. The maximum atomic E-state index is 12.4. The van der Waals surface area contributed by atoms with E-state index >= 15 is 0 Å². The van der Waals surface area contributed by atoms with Crippen molar-refractivity contribution in [3.05, 3.63) is 64.7 Å². The first-order valence-corrected chi connectivity index (χ1v) is 8.25. The number of hydrogen-bond acceptors (Lipinski definition) is 2. The smallest absolute Gasteiger partial charge is 0.226 e. The Morgan fingerprint density at radius 3 is 2.87 bits per heavy atom. The SMILES string of the molecule is C[C@H](CNC(=O)[C@@H]1COc2ccc(Cl)cc2C1)c1ccccc1. The summed E-state index contributed by atoms with van der Waals surface area (Å²) in [7, 11) is 0. The van der Waals surface area contributed by atoms with Crippen LogP contribution in [0, 0.1) is 5.92 Å². The van der Waals surface area contributed by atoms with Crippen LogP contribution >= 0.6 is 11.6 Å². The molecule has 2 aromatic rings. The molecule has 0 unspecified atom stereocenters. The lowest BCUT2D eigenvalue weighted by atomic mass is 9.95. The molecule has 0 aliphatic carbocycles. The van der Waals surface area contributed by atoms with Gasteiger partial charge in [0.05, 0.1) is 5.92 Å². The third kappa shape index (κ3) is 3.85. The topological polar surface area (TPSA) is 38.3 Å². The van der Waals surface area contributed by atoms with E-state index in [1.54, 1.807) is 0 Å². The van der Waals surface area contributed by atoms with Gasteiger partial charge in [0.1, 0.15) is 12.4 Å². The average Bonchev–Trinajstić information content (AvgIpc) is 2.59. The van der Waals surface area contributed by atoms with E-state index in [4.69, 9.17) is 16.3 Å². The van der Waals surface area contributed by atoms with E-state index in [1.165, 1.54) is 5.56 Å². The molecule has 1 aliphatic heterocycles. The second-order valence-corrected chi connectivity index (χ2v) is 6.46. The van der Waals surface area contributed by atoms with Crippen LogP contribution in [0.3, 0.4) is 0 Å². The number of ether oxygens (including phenoxy) is 1. The first kappa shape index (κ1) is 15.9. The van der Waals surface area contributed by atoms with Crippen molar-refractivity contribution in [2.45, 2.75) is 19.3 Å². The van der Waals surface area contributed by atoms with Crippen molar-refractivity contribution in [1.82, 2.24) is 5.32 Å². The van der Waals surface area contributed by atoms with Crippen LogP contribution in [0.15, 0.2) is 48.5 Å². The van der Waals surface area contributed by atoms with Crippen molar-refractivity contribution in [3.63, 3.8) is 0 Å². The molecule has 1 amide bonds. The molecule has 120 valence electrons. The number of fused-ring (bicyclic) bond motifs is 1. The second-order valence-electron chi connectivity index (χ2n) is 6.02. The van der Waals surface area contributed by atoms with Gasteiger partial charge in [-0.2, -0.15) is 0 Å². The molecule has 0 fully saturated rings. The summed E-state index contributed by atoms with van der Waals surface area (Å²) in [5.74, 6) is 0.991. The summed E-state index contributed by atoms with van der Waals surface area (Å²) in [6.07, 6.45) is 0.668. The van der Waals surface area contributed by atoms with Crippen molar-refractivity contribution < 1.29 is 9.53 Å². The van der Waals surface area contributed by atoms with E-state index in [1.807, 2.05) is 36.4 Å². The van der Waals surface area contributed by atoms with E-state index in [-0.39, 0.29) is 17.7 Å². The molecule has 0 aromatic heterocycles. The summed E-state index contributed by atoms with van der Waals surface area (Å²) in [5.41, 5.74) is 2.23. The largest absolute Gasteiger partial charge is 0.492 e. The Labute approximate surface area is 141 Å². The second kappa shape index (κ2) is 7.05. The van der Waals surface area contributed by atoms with Crippen LogP contribution in [0.25, 0.3) is 0 Å². The fourth-order valence-corrected chi connectivity index (χ4v) is 3.02. The number of carbonyl (C=O) groups is 1. The van der Waals surface area contributed by atoms with Crippen molar-refractivity contribution in [2.75, 3.05) is 13.2 Å². The van der Waals surface area contributed by atoms with E-state index in [9.17, 15) is 4.79 Å². The minimum atomic E-state index is -0.163. The zero-order valence-electron chi connectivity index (χ0n) is 13.1. The third-order valence-electron chi connectivity index (χ3n) is 4.25. The van der Waals surface area contributed by atoms with Crippen LogP contribution in [-0.4, -0.2) is 19.1 Å². The lowest BCUT2D eigenvalue weighted by molar-refractivity contribution is -0.126. The normalized spacial score (nSPS) is 17.7. The lowest BCUT2D eigenvalue weighted by Gasteiger charge is -2.25. The molecule has 0 saturated carbocycles. The van der Waals surface area contributed by atoms with Crippen LogP contribution in [0.5, 0.6) is 5.75 Å². The standard InChI is InChI=1S/C19H20ClNO2/c1-13(14-5-3-2-4-6-14)11-21-19(22)16-9-15-10-17(20)7-8-18(15)23-12-16/h2-8,10,13,16H,9,11-12H2,1H3,(H,21,22)/t13-,16+/m1/s1. The Morgan fingerprint density at radius 1 is 1.30 bits per heavy atom. The highest BCUT2D eigenvalue weighted by Gasteiger charge is 2.26. The predicted octanol–water partition coefficient (Wildman–Crippen LogP) is 3.81. The summed E-state index contributed by atoms with van der Waals surface area (Å²) in [6, 6.07) is 15.7. The number of hydrogen-bond donors (Lipinski definition) is 1. The van der Waals surface area contributed by atoms with Crippen molar-refractivity contribution in [2.24, 2.45) is 5.92 Å². The van der Waals surface area contributed by atoms with Crippen molar-refractivity contribution in [1.29, 1.82) is 0 Å². The predicted molar refractivity (Wildman–Crippen MR) is 92.0 cm³/mol. The maximum Gasteiger partial charge on any atom is 0.226 e. The van der Waals surface area contributed by atoms with Gasteiger partial charge in [-0.05, 0) is 41.7 Å². The van der Waals surface area contributed by atoms with Crippen molar-refractivity contribution >= 4 is 17.5 Å². The van der Waals surface area contributed by atoms with E-state index in [0.29, 0.717) is 24.6 Å². The minimum Gasteiger partial charge on any atom is -0.492 e. The molecule has 0 saturated heterocycles. The third-order valence-corrected chi connectivity index (χ3v) is 4.49. The summed E-state index contributed by atoms with van der Waals surface area (Å²) in [6.45, 7) is 3.16. The Kier molecular flexibility index (Phi) is 4.87. The molecule has 0 bridgehead atoms. The highest BCUT2D eigenvalue weighted by atomic mass is 35.5. The molecule has 0 radical (unpaired) electrons. The van der Waals surface area contributed by atoms with Gasteiger partial charge >= 0.3 is 0 Å². The molecule has 23 heavy (non-hydrogen) atoms. The van der Waals surface area contributed by atoms with Gasteiger partial charge in [0.25, 0.3) is 0 Å². The van der Waals surface area contributed by atoms with E-state index in [0.717, 1.165) is 11.3 Å². The molecule has 1 heterocycles.